The number of rotatable bonds is 0. The van der Waals surface area contributed by atoms with Gasteiger partial charge in [-0.25, -0.2) is 0 Å². The van der Waals surface area contributed by atoms with Gasteiger partial charge in [-0.3, -0.25) is 0 Å². The Morgan fingerprint density at radius 3 is 1.25 bits per heavy atom. The van der Waals surface area contributed by atoms with Crippen LogP contribution in [0.15, 0.2) is 0 Å². The molecule has 0 aliphatic heterocycles. The molecule has 0 aliphatic carbocycles. The molecule has 0 aromatic heterocycles. The topological polar surface area (TPSA) is 0 Å². The van der Waals surface area contributed by atoms with Crippen LogP contribution >= 0.6 is 23.2 Å². The summed E-state index contributed by atoms with van der Waals surface area (Å²) in [5, 5.41) is 0.194. The van der Waals surface area contributed by atoms with E-state index in [9.17, 15) is 0 Å². The molecule has 0 fully saturated rings. The first kappa shape index (κ1) is 9.13. The molecular weight excluding hydrogens is 106 g/mol. The van der Waals surface area contributed by atoms with Crippen LogP contribution < -0.4 is 0 Å². The van der Waals surface area contributed by atoms with Crippen LogP contribution in [0.4, 0.5) is 0 Å². The van der Waals surface area contributed by atoms with E-state index in [4.69, 9.17) is 23.2 Å². The molecule has 0 radical (unpaired) electrons. The molecule has 0 spiro atoms. The average molecular weight is 109 g/mol. The van der Waals surface area contributed by atoms with Gasteiger partial charge in [0.2, 0.25) is 0 Å². The van der Waals surface area contributed by atoms with Crippen LogP contribution in [0.25, 0.3) is 0 Å². The average Bonchev–Trinajstić information content (AvgIpc) is 0.918. The normalized spacial score (nSPS) is 4.50. The van der Waals surface area contributed by atoms with Crippen LogP contribution in [0.5, 0.6) is 0 Å². The van der Waals surface area contributed by atoms with Gasteiger partial charge in [0.15, 0.2) is 0 Å². The maximum absolute atomic E-state index is 4.76. The molecule has 3 heteroatoms. The second kappa shape index (κ2) is 8.82. The molecule has 0 unspecified atom stereocenters. The van der Waals surface area contributed by atoms with Crippen molar-refractivity contribution >= 4 is 52.8 Å². The van der Waals surface area contributed by atoms with Gasteiger partial charge in [-0.2, -0.15) is 0 Å². The van der Waals surface area contributed by atoms with Crippen molar-refractivity contribution in [2.45, 2.75) is 0 Å². The summed E-state index contributed by atoms with van der Waals surface area (Å²) >= 11 is 9.53. The third kappa shape index (κ3) is 9.55. The molecule has 0 heterocycles. The van der Waals surface area contributed by atoms with E-state index in [2.05, 4.69) is 0 Å². The standard InChI is InChI=1S/CH2Cl2.Na.H/c2-1-3;;/h1H2;;. The van der Waals surface area contributed by atoms with Gasteiger partial charge in [0.05, 0.1) is 5.34 Å². The molecule has 0 saturated heterocycles. The molecule has 0 nitrogen and oxygen atoms in total. The van der Waals surface area contributed by atoms with E-state index >= 15 is 0 Å². The summed E-state index contributed by atoms with van der Waals surface area (Å²) in [5.41, 5.74) is 0. The Balaban J connectivity index is 0. The minimum absolute atomic E-state index is 0. The summed E-state index contributed by atoms with van der Waals surface area (Å²) < 4.78 is 0. The third-order valence-electron chi connectivity index (χ3n) is 0. The molecule has 0 aromatic rings. The molecular formula is CH3Cl2Na. The van der Waals surface area contributed by atoms with Crippen molar-refractivity contribution in [1.29, 1.82) is 0 Å². The van der Waals surface area contributed by atoms with Crippen LogP contribution in [-0.2, 0) is 0 Å². The molecule has 0 aliphatic rings. The minimum atomic E-state index is 0. The van der Waals surface area contributed by atoms with Gasteiger partial charge in [-0.15, -0.1) is 23.2 Å². The summed E-state index contributed by atoms with van der Waals surface area (Å²) in [4.78, 5) is 0. The number of hydrogen-bond acceptors (Lipinski definition) is 0. The van der Waals surface area contributed by atoms with Crippen LogP contribution in [0, 0.1) is 0 Å². The molecule has 0 amide bonds. The Morgan fingerprint density at radius 2 is 1.25 bits per heavy atom. The van der Waals surface area contributed by atoms with Gasteiger partial charge in [0, 0.05) is 0 Å². The Kier molecular flexibility index (Phi) is 20.1. The van der Waals surface area contributed by atoms with Gasteiger partial charge in [-0.05, 0) is 0 Å². The van der Waals surface area contributed by atoms with E-state index in [-0.39, 0.29) is 34.9 Å². The number of hydrogen-bond donors (Lipinski definition) is 0. The van der Waals surface area contributed by atoms with Crippen LogP contribution in [0.2, 0.25) is 0 Å². The number of halogens is 2. The van der Waals surface area contributed by atoms with Gasteiger partial charge >= 0.3 is 29.6 Å². The van der Waals surface area contributed by atoms with Crippen LogP contribution in [0.1, 0.15) is 0 Å². The van der Waals surface area contributed by atoms with Crippen molar-refractivity contribution in [3.8, 4) is 0 Å². The van der Waals surface area contributed by atoms with Crippen molar-refractivity contribution < 1.29 is 0 Å². The maximum atomic E-state index is 4.76. The molecule has 0 bridgehead atoms. The van der Waals surface area contributed by atoms with Crippen LogP contribution in [-0.4, -0.2) is 34.9 Å². The first-order chi connectivity index (χ1) is 1.41. The molecule has 0 N–H and O–H groups in total. The van der Waals surface area contributed by atoms with Crippen molar-refractivity contribution in [3.63, 3.8) is 0 Å². The zero-order chi connectivity index (χ0) is 2.71. The summed E-state index contributed by atoms with van der Waals surface area (Å²) in [6.45, 7) is 0. The Morgan fingerprint density at radius 1 is 1.25 bits per heavy atom. The molecule has 0 rings (SSSR count). The number of alkyl halides is 2. The van der Waals surface area contributed by atoms with Crippen molar-refractivity contribution in [3.05, 3.63) is 0 Å². The Bertz CT molecular complexity index is 6.00. The van der Waals surface area contributed by atoms with Gasteiger partial charge in [0.1, 0.15) is 0 Å². The molecule has 0 saturated carbocycles. The van der Waals surface area contributed by atoms with Gasteiger partial charge in [-0.1, -0.05) is 0 Å². The van der Waals surface area contributed by atoms with Crippen molar-refractivity contribution in [2.24, 2.45) is 0 Å². The predicted molar refractivity (Wildman–Crippen MR) is 23.7 cm³/mol. The van der Waals surface area contributed by atoms with E-state index in [1.54, 1.807) is 0 Å². The summed E-state index contributed by atoms with van der Waals surface area (Å²) in [6, 6.07) is 0. The van der Waals surface area contributed by atoms with Gasteiger partial charge in [0.25, 0.3) is 0 Å². The molecule has 0 atom stereocenters. The zero-order valence-corrected chi connectivity index (χ0v) is 2.97. The third-order valence-corrected chi connectivity index (χ3v) is 0. The molecule has 22 valence electrons. The quantitative estimate of drug-likeness (QED) is 0.318. The van der Waals surface area contributed by atoms with E-state index in [0.717, 1.165) is 0 Å². The fourth-order valence-corrected chi connectivity index (χ4v) is 0. The van der Waals surface area contributed by atoms with Crippen molar-refractivity contribution in [1.82, 2.24) is 0 Å². The Labute approximate surface area is 57.8 Å². The van der Waals surface area contributed by atoms with E-state index in [1.807, 2.05) is 0 Å². The van der Waals surface area contributed by atoms with E-state index < -0.39 is 0 Å². The van der Waals surface area contributed by atoms with Gasteiger partial charge < -0.3 is 0 Å². The Hall–Kier alpha value is 1.58. The van der Waals surface area contributed by atoms with Crippen LogP contribution in [0.3, 0.4) is 0 Å². The SMILES string of the molecule is ClCCl.[NaH]. The summed E-state index contributed by atoms with van der Waals surface area (Å²) in [7, 11) is 0. The fourth-order valence-electron chi connectivity index (χ4n) is 0. The second-order valence-electron chi connectivity index (χ2n) is 0.101. The molecule has 4 heavy (non-hydrogen) atoms. The second-order valence-corrected chi connectivity index (χ2v) is 0.909. The first-order valence-corrected chi connectivity index (χ1v) is 1.60. The van der Waals surface area contributed by atoms with E-state index in [0.29, 0.717) is 0 Å². The zero-order valence-electron chi connectivity index (χ0n) is 1.46. The predicted octanol–water partition coefficient (Wildman–Crippen LogP) is 0.773. The molecule has 0 aromatic carbocycles. The first-order valence-electron chi connectivity index (χ1n) is 0.535. The summed E-state index contributed by atoms with van der Waals surface area (Å²) in [5.74, 6) is 0. The fraction of sp³-hybridized carbons (Fsp3) is 1.00. The monoisotopic (exact) mass is 108 g/mol. The van der Waals surface area contributed by atoms with E-state index in [1.165, 1.54) is 0 Å². The van der Waals surface area contributed by atoms with Crippen molar-refractivity contribution in [2.75, 3.05) is 5.34 Å². The summed E-state index contributed by atoms with van der Waals surface area (Å²) in [6.07, 6.45) is 0.